The number of hydrogen-bond acceptors (Lipinski definition) is 4. The van der Waals surface area contributed by atoms with Crippen molar-refractivity contribution in [1.82, 2.24) is 10.6 Å². The lowest BCUT2D eigenvalue weighted by Gasteiger charge is -2.11. The van der Waals surface area contributed by atoms with Crippen LogP contribution >= 0.6 is 0 Å². The number of aliphatic hydroxyl groups excluding tert-OH is 2. The molecule has 0 aromatic rings. The minimum Gasteiger partial charge on any atom is -0.392 e. The highest BCUT2D eigenvalue weighted by atomic mass is 16.3. The van der Waals surface area contributed by atoms with Crippen LogP contribution in [0.5, 0.6) is 0 Å². The fourth-order valence-corrected chi connectivity index (χ4v) is 3.18. The number of aliphatic hydroxyl groups is 2. The molecule has 0 bridgehead atoms. The topological polar surface area (TPSA) is 64.5 Å². The molecule has 0 saturated heterocycles. The Morgan fingerprint density at radius 1 is 0.538 bits per heavy atom. The van der Waals surface area contributed by atoms with Crippen molar-refractivity contribution >= 4 is 0 Å². The van der Waals surface area contributed by atoms with Crippen LogP contribution in [-0.4, -0.2) is 48.6 Å². The van der Waals surface area contributed by atoms with Crippen LogP contribution in [0.15, 0.2) is 0 Å². The van der Waals surface area contributed by atoms with Crippen LogP contribution in [0.1, 0.15) is 104 Å². The third-order valence-electron chi connectivity index (χ3n) is 5.00. The van der Waals surface area contributed by atoms with E-state index in [0.29, 0.717) is 0 Å². The molecule has 4 nitrogen and oxygen atoms in total. The maximum atomic E-state index is 9.74. The normalized spacial score (nSPS) is 13.8. The zero-order chi connectivity index (χ0) is 19.3. The van der Waals surface area contributed by atoms with Crippen LogP contribution < -0.4 is 10.6 Å². The highest BCUT2D eigenvalue weighted by molar-refractivity contribution is 4.60. The Morgan fingerprint density at radius 2 is 0.885 bits per heavy atom. The van der Waals surface area contributed by atoms with Crippen molar-refractivity contribution in [3.8, 4) is 0 Å². The molecule has 0 heterocycles. The molecule has 0 fully saturated rings. The average molecular weight is 373 g/mol. The van der Waals surface area contributed by atoms with E-state index in [1.165, 1.54) is 51.4 Å². The molecule has 0 radical (unpaired) electrons. The molecular weight excluding hydrogens is 324 g/mol. The number of unbranched alkanes of at least 4 members (excludes halogenated alkanes) is 9. The SMILES string of the molecule is CCCCC(O)CNCCCCCCCCCCNCC(O)CCCC. The first-order valence-electron chi connectivity index (χ1n) is 11.5. The Kier molecular flexibility index (Phi) is 21.0. The van der Waals surface area contributed by atoms with E-state index < -0.39 is 0 Å². The molecule has 0 spiro atoms. The highest BCUT2D eigenvalue weighted by Gasteiger charge is 2.02. The van der Waals surface area contributed by atoms with E-state index >= 15 is 0 Å². The van der Waals surface area contributed by atoms with Gasteiger partial charge in [0.1, 0.15) is 0 Å². The molecule has 0 aliphatic heterocycles. The predicted octanol–water partition coefficient (Wildman–Crippen LogP) is 4.39. The van der Waals surface area contributed by atoms with Crippen LogP contribution in [0.2, 0.25) is 0 Å². The lowest BCUT2D eigenvalue weighted by atomic mass is 10.1. The zero-order valence-corrected chi connectivity index (χ0v) is 17.8. The Bertz CT molecular complexity index is 239. The van der Waals surface area contributed by atoms with Crippen molar-refractivity contribution in [2.45, 2.75) is 116 Å². The van der Waals surface area contributed by atoms with E-state index in [4.69, 9.17) is 0 Å². The average Bonchev–Trinajstić information content (AvgIpc) is 2.64. The molecule has 0 aromatic heterocycles. The van der Waals surface area contributed by atoms with Crippen molar-refractivity contribution in [2.24, 2.45) is 0 Å². The summed E-state index contributed by atoms with van der Waals surface area (Å²) in [7, 11) is 0. The van der Waals surface area contributed by atoms with Crippen molar-refractivity contribution in [3.05, 3.63) is 0 Å². The van der Waals surface area contributed by atoms with Gasteiger partial charge >= 0.3 is 0 Å². The van der Waals surface area contributed by atoms with E-state index in [1.807, 2.05) is 0 Å². The molecule has 2 unspecified atom stereocenters. The van der Waals surface area contributed by atoms with Crippen LogP contribution in [0.4, 0.5) is 0 Å². The minimum atomic E-state index is -0.163. The standard InChI is InChI=1S/C22H48N2O2/c1-3-5-15-21(25)19-23-17-13-11-9-7-8-10-12-14-18-24-20-22(26)16-6-4-2/h21-26H,3-20H2,1-2H3. The summed E-state index contributed by atoms with van der Waals surface area (Å²) in [5.74, 6) is 0. The van der Waals surface area contributed by atoms with Gasteiger partial charge in [0.2, 0.25) is 0 Å². The fourth-order valence-electron chi connectivity index (χ4n) is 3.18. The third kappa shape index (κ3) is 20.2. The molecule has 0 rings (SSSR count). The first-order chi connectivity index (χ1) is 12.7. The lowest BCUT2D eigenvalue weighted by Crippen LogP contribution is -2.27. The van der Waals surface area contributed by atoms with Crippen LogP contribution in [-0.2, 0) is 0 Å². The second-order valence-corrected chi connectivity index (χ2v) is 7.83. The molecule has 158 valence electrons. The van der Waals surface area contributed by atoms with E-state index in [0.717, 1.165) is 64.7 Å². The van der Waals surface area contributed by atoms with Gasteiger partial charge in [0.05, 0.1) is 12.2 Å². The van der Waals surface area contributed by atoms with Gasteiger partial charge in [0.15, 0.2) is 0 Å². The number of nitrogens with one attached hydrogen (secondary N) is 2. The fraction of sp³-hybridized carbons (Fsp3) is 1.00. The van der Waals surface area contributed by atoms with Gasteiger partial charge in [-0.2, -0.15) is 0 Å². The molecule has 26 heavy (non-hydrogen) atoms. The summed E-state index contributed by atoms with van der Waals surface area (Å²) in [4.78, 5) is 0. The summed E-state index contributed by atoms with van der Waals surface area (Å²) in [6.07, 6.45) is 16.5. The van der Waals surface area contributed by atoms with Crippen LogP contribution in [0.3, 0.4) is 0 Å². The van der Waals surface area contributed by atoms with Gasteiger partial charge in [0, 0.05) is 13.1 Å². The van der Waals surface area contributed by atoms with Gasteiger partial charge < -0.3 is 20.8 Å². The third-order valence-corrected chi connectivity index (χ3v) is 5.00. The predicted molar refractivity (Wildman–Crippen MR) is 114 cm³/mol. The van der Waals surface area contributed by atoms with E-state index in [-0.39, 0.29) is 12.2 Å². The maximum absolute atomic E-state index is 9.74. The maximum Gasteiger partial charge on any atom is 0.0664 e. The van der Waals surface area contributed by atoms with Crippen molar-refractivity contribution in [2.75, 3.05) is 26.2 Å². The van der Waals surface area contributed by atoms with E-state index in [9.17, 15) is 10.2 Å². The number of hydrogen-bond donors (Lipinski definition) is 4. The molecule has 0 aromatic carbocycles. The summed E-state index contributed by atoms with van der Waals surface area (Å²) in [5, 5.41) is 26.2. The zero-order valence-electron chi connectivity index (χ0n) is 17.8. The Morgan fingerprint density at radius 3 is 1.23 bits per heavy atom. The van der Waals surface area contributed by atoms with Gasteiger partial charge in [-0.3, -0.25) is 0 Å². The highest BCUT2D eigenvalue weighted by Crippen LogP contribution is 2.08. The molecule has 0 amide bonds. The Balaban J connectivity index is 3.11. The lowest BCUT2D eigenvalue weighted by molar-refractivity contribution is 0.158. The van der Waals surface area contributed by atoms with Crippen molar-refractivity contribution < 1.29 is 10.2 Å². The Hall–Kier alpha value is -0.160. The smallest absolute Gasteiger partial charge is 0.0664 e. The summed E-state index contributed by atoms with van der Waals surface area (Å²) in [5.41, 5.74) is 0. The number of rotatable bonds is 21. The minimum absolute atomic E-state index is 0.163. The summed E-state index contributed by atoms with van der Waals surface area (Å²) >= 11 is 0. The first-order valence-corrected chi connectivity index (χ1v) is 11.5. The molecule has 0 saturated carbocycles. The summed E-state index contributed by atoms with van der Waals surface area (Å²) < 4.78 is 0. The molecule has 0 aliphatic carbocycles. The molecular formula is C22H48N2O2. The summed E-state index contributed by atoms with van der Waals surface area (Å²) in [6, 6.07) is 0. The molecule has 4 N–H and O–H groups in total. The second-order valence-electron chi connectivity index (χ2n) is 7.83. The quantitative estimate of drug-likeness (QED) is 0.226. The molecule has 4 heteroatoms. The molecule has 0 aliphatic rings. The Labute approximate surface area is 163 Å². The van der Waals surface area contributed by atoms with Gasteiger partial charge in [-0.05, 0) is 38.8 Å². The van der Waals surface area contributed by atoms with Crippen molar-refractivity contribution in [3.63, 3.8) is 0 Å². The molecule has 2 atom stereocenters. The van der Waals surface area contributed by atoms with Gasteiger partial charge in [-0.15, -0.1) is 0 Å². The van der Waals surface area contributed by atoms with Gasteiger partial charge in [-0.1, -0.05) is 78.1 Å². The van der Waals surface area contributed by atoms with Crippen LogP contribution in [0.25, 0.3) is 0 Å². The van der Waals surface area contributed by atoms with Gasteiger partial charge in [-0.25, -0.2) is 0 Å². The summed E-state index contributed by atoms with van der Waals surface area (Å²) in [6.45, 7) is 7.92. The van der Waals surface area contributed by atoms with E-state index in [1.54, 1.807) is 0 Å². The van der Waals surface area contributed by atoms with Crippen molar-refractivity contribution in [1.29, 1.82) is 0 Å². The second kappa shape index (κ2) is 21.1. The largest absolute Gasteiger partial charge is 0.392 e. The van der Waals surface area contributed by atoms with Gasteiger partial charge in [0.25, 0.3) is 0 Å². The monoisotopic (exact) mass is 372 g/mol. The van der Waals surface area contributed by atoms with Crippen LogP contribution in [0, 0.1) is 0 Å². The van der Waals surface area contributed by atoms with E-state index in [2.05, 4.69) is 24.5 Å². The first kappa shape index (κ1) is 25.8.